The van der Waals surface area contributed by atoms with Crippen molar-refractivity contribution in [2.24, 2.45) is 0 Å². The van der Waals surface area contributed by atoms with Gasteiger partial charge in [-0.15, -0.1) is 0 Å². The molecule has 1 aromatic rings. The molecule has 1 unspecified atom stereocenters. The third-order valence-electron chi connectivity index (χ3n) is 2.17. The summed E-state index contributed by atoms with van der Waals surface area (Å²) in [5, 5.41) is 0.681. The van der Waals surface area contributed by atoms with Crippen LogP contribution in [0.15, 0.2) is 18.2 Å². The first-order valence-electron chi connectivity index (χ1n) is 4.51. The number of carbonyl (C=O) groups excluding carboxylic acids is 1. The van der Waals surface area contributed by atoms with Gasteiger partial charge in [0.1, 0.15) is 4.83 Å². The molecule has 0 aliphatic carbocycles. The standard InChI is InChI=1S/C11H12BrClO2/c1-7-3-4-9(13)5-8(7)6-10(12)11(14)15-2/h3-5,10H,6H2,1-2H3. The Labute approximate surface area is 103 Å². The maximum Gasteiger partial charge on any atom is 0.319 e. The monoisotopic (exact) mass is 290 g/mol. The van der Waals surface area contributed by atoms with Crippen LogP contribution in [0.25, 0.3) is 0 Å². The van der Waals surface area contributed by atoms with Crippen LogP contribution in [0.1, 0.15) is 11.1 Å². The van der Waals surface area contributed by atoms with E-state index in [1.165, 1.54) is 7.11 Å². The molecule has 0 amide bonds. The van der Waals surface area contributed by atoms with Crippen molar-refractivity contribution in [3.8, 4) is 0 Å². The van der Waals surface area contributed by atoms with E-state index in [0.717, 1.165) is 11.1 Å². The summed E-state index contributed by atoms with van der Waals surface area (Å²) in [6, 6.07) is 5.64. The Morgan fingerprint density at radius 1 is 1.60 bits per heavy atom. The predicted molar refractivity (Wildman–Crippen MR) is 64.6 cm³/mol. The molecule has 82 valence electrons. The summed E-state index contributed by atoms with van der Waals surface area (Å²) in [6.45, 7) is 1.99. The van der Waals surface area contributed by atoms with Crippen LogP contribution in [0, 0.1) is 6.92 Å². The molecule has 0 radical (unpaired) electrons. The molecule has 0 spiro atoms. The number of alkyl halides is 1. The second kappa shape index (κ2) is 5.52. The topological polar surface area (TPSA) is 26.3 Å². The van der Waals surface area contributed by atoms with Crippen molar-refractivity contribution in [2.75, 3.05) is 7.11 Å². The fraction of sp³-hybridized carbons (Fsp3) is 0.364. The van der Waals surface area contributed by atoms with Gasteiger partial charge in [-0.05, 0) is 36.6 Å². The van der Waals surface area contributed by atoms with Gasteiger partial charge in [-0.25, -0.2) is 0 Å². The molecule has 0 aliphatic rings. The van der Waals surface area contributed by atoms with Gasteiger partial charge in [0.05, 0.1) is 7.11 Å². The van der Waals surface area contributed by atoms with Crippen molar-refractivity contribution >= 4 is 33.5 Å². The summed E-state index contributed by atoms with van der Waals surface area (Å²) in [4.78, 5) is 10.9. The molecule has 0 bridgehead atoms. The first kappa shape index (κ1) is 12.5. The molecule has 1 rings (SSSR count). The molecule has 1 aromatic carbocycles. The van der Waals surface area contributed by atoms with Crippen molar-refractivity contribution < 1.29 is 9.53 Å². The van der Waals surface area contributed by atoms with E-state index < -0.39 is 0 Å². The molecule has 4 heteroatoms. The smallest absolute Gasteiger partial charge is 0.319 e. The Kier molecular flexibility index (Phi) is 4.61. The SMILES string of the molecule is COC(=O)C(Br)Cc1cc(Cl)ccc1C. The molecule has 0 saturated heterocycles. The highest BCUT2D eigenvalue weighted by atomic mass is 79.9. The van der Waals surface area contributed by atoms with Crippen LogP contribution in [0.3, 0.4) is 0 Å². The van der Waals surface area contributed by atoms with E-state index in [9.17, 15) is 4.79 Å². The van der Waals surface area contributed by atoms with Crippen LogP contribution < -0.4 is 0 Å². The number of halogens is 2. The van der Waals surface area contributed by atoms with Crippen molar-refractivity contribution in [2.45, 2.75) is 18.2 Å². The molecule has 2 nitrogen and oxygen atoms in total. The van der Waals surface area contributed by atoms with Crippen LogP contribution in [0.4, 0.5) is 0 Å². The van der Waals surface area contributed by atoms with E-state index in [1.54, 1.807) is 0 Å². The zero-order valence-corrected chi connectivity index (χ0v) is 10.9. The van der Waals surface area contributed by atoms with Crippen molar-refractivity contribution in [1.29, 1.82) is 0 Å². The van der Waals surface area contributed by atoms with Crippen LogP contribution in [0.2, 0.25) is 5.02 Å². The maximum atomic E-state index is 11.2. The van der Waals surface area contributed by atoms with Crippen LogP contribution in [-0.2, 0) is 16.0 Å². The fourth-order valence-electron chi connectivity index (χ4n) is 1.26. The van der Waals surface area contributed by atoms with E-state index >= 15 is 0 Å². The van der Waals surface area contributed by atoms with Gasteiger partial charge in [-0.2, -0.15) is 0 Å². The molecular formula is C11H12BrClO2. The first-order valence-corrected chi connectivity index (χ1v) is 5.81. The number of esters is 1. The number of rotatable bonds is 3. The average Bonchev–Trinajstić information content (AvgIpc) is 2.22. The average molecular weight is 292 g/mol. The number of aryl methyl sites for hydroxylation is 1. The summed E-state index contributed by atoms with van der Waals surface area (Å²) in [6.07, 6.45) is 0.582. The maximum absolute atomic E-state index is 11.2. The van der Waals surface area contributed by atoms with E-state index in [2.05, 4.69) is 20.7 Å². The number of carbonyl (C=O) groups is 1. The van der Waals surface area contributed by atoms with Crippen molar-refractivity contribution in [3.05, 3.63) is 34.3 Å². The fourth-order valence-corrected chi connectivity index (χ4v) is 1.99. The number of methoxy groups -OCH3 is 1. The lowest BCUT2D eigenvalue weighted by Crippen LogP contribution is -2.18. The largest absolute Gasteiger partial charge is 0.468 e. The highest BCUT2D eigenvalue weighted by Crippen LogP contribution is 2.19. The quantitative estimate of drug-likeness (QED) is 0.632. The molecule has 0 N–H and O–H groups in total. The van der Waals surface area contributed by atoms with Crippen LogP contribution in [-0.4, -0.2) is 17.9 Å². The molecule has 0 aliphatic heterocycles. The predicted octanol–water partition coefficient (Wildman–Crippen LogP) is 3.13. The number of ether oxygens (including phenoxy) is 1. The lowest BCUT2D eigenvalue weighted by atomic mass is 10.0. The van der Waals surface area contributed by atoms with E-state index in [4.69, 9.17) is 11.6 Å². The lowest BCUT2D eigenvalue weighted by molar-refractivity contribution is -0.139. The summed E-state index contributed by atoms with van der Waals surface area (Å²) >= 11 is 9.16. The van der Waals surface area contributed by atoms with E-state index in [1.807, 2.05) is 25.1 Å². The van der Waals surface area contributed by atoms with E-state index in [-0.39, 0.29) is 10.8 Å². The van der Waals surface area contributed by atoms with Crippen molar-refractivity contribution in [1.82, 2.24) is 0 Å². The number of hydrogen-bond donors (Lipinski definition) is 0. The second-order valence-electron chi connectivity index (χ2n) is 3.27. The Morgan fingerprint density at radius 3 is 2.87 bits per heavy atom. The minimum atomic E-state index is -0.320. The Balaban J connectivity index is 2.80. The molecule has 0 saturated carbocycles. The van der Waals surface area contributed by atoms with Crippen LogP contribution >= 0.6 is 27.5 Å². The third kappa shape index (κ3) is 3.50. The Hall–Kier alpha value is -0.540. The van der Waals surface area contributed by atoms with Gasteiger partial charge < -0.3 is 4.74 Å². The molecular weight excluding hydrogens is 279 g/mol. The van der Waals surface area contributed by atoms with Gasteiger partial charge in [0, 0.05) is 5.02 Å². The number of hydrogen-bond acceptors (Lipinski definition) is 2. The molecule has 0 aromatic heterocycles. The molecule has 15 heavy (non-hydrogen) atoms. The normalized spacial score (nSPS) is 12.3. The zero-order valence-electron chi connectivity index (χ0n) is 8.59. The third-order valence-corrected chi connectivity index (χ3v) is 3.10. The second-order valence-corrected chi connectivity index (χ2v) is 4.81. The van der Waals surface area contributed by atoms with Gasteiger partial charge in [0.25, 0.3) is 0 Å². The summed E-state index contributed by atoms with van der Waals surface area (Å²) in [7, 11) is 1.38. The van der Waals surface area contributed by atoms with Crippen molar-refractivity contribution in [3.63, 3.8) is 0 Å². The lowest BCUT2D eigenvalue weighted by Gasteiger charge is -2.10. The van der Waals surface area contributed by atoms with Gasteiger partial charge in [-0.3, -0.25) is 4.79 Å². The highest BCUT2D eigenvalue weighted by Gasteiger charge is 2.16. The summed E-state index contributed by atoms with van der Waals surface area (Å²) < 4.78 is 4.64. The zero-order chi connectivity index (χ0) is 11.4. The van der Waals surface area contributed by atoms with E-state index in [0.29, 0.717) is 11.4 Å². The van der Waals surface area contributed by atoms with Gasteiger partial charge in [0.2, 0.25) is 0 Å². The van der Waals surface area contributed by atoms with Gasteiger partial charge in [-0.1, -0.05) is 33.6 Å². The number of benzene rings is 1. The first-order chi connectivity index (χ1) is 7.04. The summed E-state index contributed by atoms with van der Waals surface area (Å²) in [5.74, 6) is -0.269. The van der Waals surface area contributed by atoms with Gasteiger partial charge in [0.15, 0.2) is 0 Å². The van der Waals surface area contributed by atoms with Crippen LogP contribution in [0.5, 0.6) is 0 Å². The molecule has 0 heterocycles. The Morgan fingerprint density at radius 2 is 2.27 bits per heavy atom. The summed E-state index contributed by atoms with van der Waals surface area (Å²) in [5.41, 5.74) is 2.17. The molecule has 1 atom stereocenters. The molecule has 0 fully saturated rings. The minimum absolute atomic E-state index is 0.269. The minimum Gasteiger partial charge on any atom is -0.468 e. The van der Waals surface area contributed by atoms with Gasteiger partial charge >= 0.3 is 5.97 Å². The highest BCUT2D eigenvalue weighted by molar-refractivity contribution is 9.10. The Bertz CT molecular complexity index is 366.